The van der Waals surface area contributed by atoms with Gasteiger partial charge in [0.05, 0.1) is 18.8 Å². The van der Waals surface area contributed by atoms with Crippen LogP contribution in [-0.2, 0) is 4.74 Å². The van der Waals surface area contributed by atoms with Crippen LogP contribution >= 0.6 is 0 Å². The molecule has 0 bridgehead atoms. The van der Waals surface area contributed by atoms with Gasteiger partial charge >= 0.3 is 0 Å². The zero-order valence-electron chi connectivity index (χ0n) is 13.6. The van der Waals surface area contributed by atoms with Crippen LogP contribution in [0.25, 0.3) is 0 Å². The van der Waals surface area contributed by atoms with Gasteiger partial charge in [-0.1, -0.05) is 13.0 Å². The Bertz CT molecular complexity index is 468. The van der Waals surface area contributed by atoms with E-state index in [-0.39, 0.29) is 11.6 Å². The first-order valence-corrected chi connectivity index (χ1v) is 7.72. The topological polar surface area (TPSA) is 56.5 Å². The van der Waals surface area contributed by atoms with Gasteiger partial charge in [-0.05, 0) is 61.8 Å². The van der Waals surface area contributed by atoms with Gasteiger partial charge in [-0.2, -0.15) is 0 Å². The Morgan fingerprint density at radius 3 is 2.43 bits per heavy atom. The molecular weight excluding hydrogens is 264 g/mol. The third-order valence-corrected chi connectivity index (χ3v) is 5.01. The lowest BCUT2D eigenvalue weighted by atomic mass is 9.73. The molecule has 1 aliphatic rings. The Kier molecular flexibility index (Phi) is 5.25. The summed E-state index contributed by atoms with van der Waals surface area (Å²) in [4.78, 5) is 0. The zero-order valence-corrected chi connectivity index (χ0v) is 13.6. The Morgan fingerprint density at radius 1 is 1.29 bits per heavy atom. The average Bonchev–Trinajstić information content (AvgIpc) is 2.51. The summed E-state index contributed by atoms with van der Waals surface area (Å²) in [6.45, 7) is 4.40. The molecule has 1 aromatic carbocycles. The summed E-state index contributed by atoms with van der Waals surface area (Å²) in [7, 11) is 3.49. The van der Waals surface area contributed by atoms with Crippen molar-refractivity contribution in [1.82, 2.24) is 5.43 Å². The SMILES string of the molecule is COc1ccc(C(NN)C2(OC)CCC(C)CC2)c(C)c1. The quantitative estimate of drug-likeness (QED) is 0.647. The number of ether oxygens (including phenoxy) is 2. The molecule has 1 saturated carbocycles. The Morgan fingerprint density at radius 2 is 1.95 bits per heavy atom. The summed E-state index contributed by atoms with van der Waals surface area (Å²) >= 11 is 0. The van der Waals surface area contributed by atoms with Crippen molar-refractivity contribution in [3.8, 4) is 5.75 Å². The van der Waals surface area contributed by atoms with Gasteiger partial charge in [0.2, 0.25) is 0 Å². The number of hydrogen-bond acceptors (Lipinski definition) is 4. The Balaban J connectivity index is 2.33. The van der Waals surface area contributed by atoms with Crippen molar-refractivity contribution in [2.45, 2.75) is 51.2 Å². The highest BCUT2D eigenvalue weighted by atomic mass is 16.5. The predicted molar refractivity (Wildman–Crippen MR) is 85.2 cm³/mol. The normalized spacial score (nSPS) is 27.4. The number of hydrazine groups is 1. The highest BCUT2D eigenvalue weighted by Gasteiger charge is 2.42. The van der Waals surface area contributed by atoms with Crippen molar-refractivity contribution in [3.63, 3.8) is 0 Å². The molecule has 1 fully saturated rings. The Hall–Kier alpha value is -1.10. The molecule has 0 heterocycles. The lowest BCUT2D eigenvalue weighted by Crippen LogP contribution is -2.50. The van der Waals surface area contributed by atoms with Gasteiger partial charge in [0.25, 0.3) is 0 Å². The summed E-state index contributed by atoms with van der Waals surface area (Å²) in [6.07, 6.45) is 4.43. The number of methoxy groups -OCH3 is 2. The monoisotopic (exact) mass is 292 g/mol. The van der Waals surface area contributed by atoms with Gasteiger partial charge in [0, 0.05) is 7.11 Å². The first-order valence-electron chi connectivity index (χ1n) is 7.72. The second-order valence-electron chi connectivity index (χ2n) is 6.27. The molecule has 1 aliphatic carbocycles. The molecule has 4 heteroatoms. The molecule has 0 aliphatic heterocycles. The second-order valence-corrected chi connectivity index (χ2v) is 6.27. The molecule has 0 amide bonds. The fourth-order valence-electron chi connectivity index (χ4n) is 3.49. The Labute approximate surface area is 128 Å². The van der Waals surface area contributed by atoms with Crippen LogP contribution in [0.2, 0.25) is 0 Å². The van der Waals surface area contributed by atoms with Crippen LogP contribution in [0.3, 0.4) is 0 Å². The van der Waals surface area contributed by atoms with Gasteiger partial charge < -0.3 is 9.47 Å². The van der Waals surface area contributed by atoms with E-state index in [4.69, 9.17) is 15.3 Å². The van der Waals surface area contributed by atoms with Gasteiger partial charge in [0.1, 0.15) is 5.75 Å². The fourth-order valence-corrected chi connectivity index (χ4v) is 3.49. The third-order valence-electron chi connectivity index (χ3n) is 5.01. The first kappa shape index (κ1) is 16.3. The molecular formula is C17H28N2O2. The van der Waals surface area contributed by atoms with Crippen LogP contribution in [-0.4, -0.2) is 19.8 Å². The van der Waals surface area contributed by atoms with E-state index in [1.54, 1.807) is 14.2 Å². The van der Waals surface area contributed by atoms with E-state index in [0.29, 0.717) is 0 Å². The lowest BCUT2D eigenvalue weighted by molar-refractivity contribution is -0.0763. The molecule has 0 aromatic heterocycles. The van der Waals surface area contributed by atoms with E-state index >= 15 is 0 Å². The number of rotatable bonds is 5. The lowest BCUT2D eigenvalue weighted by Gasteiger charge is -2.44. The minimum atomic E-state index is -0.222. The highest BCUT2D eigenvalue weighted by Crippen LogP contribution is 2.43. The van der Waals surface area contributed by atoms with E-state index in [2.05, 4.69) is 31.4 Å². The summed E-state index contributed by atoms with van der Waals surface area (Å²) in [5, 5.41) is 0. The van der Waals surface area contributed by atoms with E-state index in [9.17, 15) is 0 Å². The van der Waals surface area contributed by atoms with E-state index in [0.717, 1.165) is 24.5 Å². The summed E-state index contributed by atoms with van der Waals surface area (Å²) in [6, 6.07) is 6.13. The summed E-state index contributed by atoms with van der Waals surface area (Å²) in [5.74, 6) is 7.55. The standard InChI is InChI=1S/C17H28N2O2/c1-12-7-9-17(21-4,10-8-12)16(19-18)15-6-5-14(20-3)11-13(15)2/h5-6,11-12,16,19H,7-10,18H2,1-4H3. The van der Waals surface area contributed by atoms with Crippen LogP contribution in [0.5, 0.6) is 5.75 Å². The van der Waals surface area contributed by atoms with Crippen molar-refractivity contribution >= 4 is 0 Å². The van der Waals surface area contributed by atoms with Gasteiger partial charge in [-0.3, -0.25) is 11.3 Å². The maximum atomic E-state index is 5.97. The smallest absolute Gasteiger partial charge is 0.119 e. The van der Waals surface area contributed by atoms with Gasteiger partial charge in [0.15, 0.2) is 0 Å². The van der Waals surface area contributed by atoms with Crippen molar-refractivity contribution in [2.75, 3.05) is 14.2 Å². The van der Waals surface area contributed by atoms with Gasteiger partial charge in [-0.25, -0.2) is 0 Å². The van der Waals surface area contributed by atoms with Crippen molar-refractivity contribution in [3.05, 3.63) is 29.3 Å². The highest BCUT2D eigenvalue weighted by molar-refractivity contribution is 5.38. The number of nitrogens with one attached hydrogen (secondary N) is 1. The van der Waals surface area contributed by atoms with Gasteiger partial charge in [-0.15, -0.1) is 0 Å². The number of aryl methyl sites for hydroxylation is 1. The third kappa shape index (κ3) is 3.23. The van der Waals surface area contributed by atoms with E-state index < -0.39 is 0 Å². The van der Waals surface area contributed by atoms with Crippen LogP contribution < -0.4 is 16.0 Å². The summed E-state index contributed by atoms with van der Waals surface area (Å²) < 4.78 is 11.3. The molecule has 1 aromatic rings. The molecule has 21 heavy (non-hydrogen) atoms. The largest absolute Gasteiger partial charge is 0.497 e. The molecule has 2 rings (SSSR count). The van der Waals surface area contributed by atoms with Crippen molar-refractivity contribution < 1.29 is 9.47 Å². The minimum Gasteiger partial charge on any atom is -0.497 e. The van der Waals surface area contributed by atoms with E-state index in [1.807, 2.05) is 6.07 Å². The maximum absolute atomic E-state index is 5.97. The maximum Gasteiger partial charge on any atom is 0.119 e. The molecule has 118 valence electrons. The number of hydrogen-bond donors (Lipinski definition) is 2. The average molecular weight is 292 g/mol. The predicted octanol–water partition coefficient (Wildman–Crippen LogP) is 3.10. The van der Waals surface area contributed by atoms with Crippen LogP contribution in [0, 0.1) is 12.8 Å². The molecule has 0 radical (unpaired) electrons. The number of benzene rings is 1. The van der Waals surface area contributed by atoms with Crippen LogP contribution in [0.15, 0.2) is 18.2 Å². The van der Waals surface area contributed by atoms with Crippen LogP contribution in [0.4, 0.5) is 0 Å². The fraction of sp³-hybridized carbons (Fsp3) is 0.647. The molecule has 1 unspecified atom stereocenters. The number of nitrogens with two attached hydrogens (primary N) is 1. The summed E-state index contributed by atoms with van der Waals surface area (Å²) in [5.41, 5.74) is 5.15. The van der Waals surface area contributed by atoms with Crippen molar-refractivity contribution in [2.24, 2.45) is 11.8 Å². The first-order chi connectivity index (χ1) is 10.1. The van der Waals surface area contributed by atoms with Crippen molar-refractivity contribution in [1.29, 1.82) is 0 Å². The molecule has 1 atom stereocenters. The van der Waals surface area contributed by atoms with E-state index in [1.165, 1.54) is 24.0 Å². The van der Waals surface area contributed by atoms with Crippen LogP contribution in [0.1, 0.15) is 49.8 Å². The minimum absolute atomic E-state index is 0.000839. The second kappa shape index (κ2) is 6.77. The molecule has 3 N–H and O–H groups in total. The molecule has 0 spiro atoms. The zero-order chi connectivity index (χ0) is 15.5. The molecule has 4 nitrogen and oxygen atoms in total. The molecule has 0 saturated heterocycles.